The number of carbonyl (C=O) groups is 1. The summed E-state index contributed by atoms with van der Waals surface area (Å²) in [5.74, 6) is 0.568. The summed E-state index contributed by atoms with van der Waals surface area (Å²) in [5, 5.41) is 6.09. The maximum absolute atomic E-state index is 10.9. The highest BCUT2D eigenvalue weighted by Crippen LogP contribution is 2.16. The van der Waals surface area contributed by atoms with E-state index in [2.05, 4.69) is 20.6 Å². The highest BCUT2D eigenvalue weighted by Gasteiger charge is 2.22. The lowest BCUT2D eigenvalue weighted by molar-refractivity contribution is -0.119. The number of nitrogens with one attached hydrogen (secondary N) is 2. The van der Waals surface area contributed by atoms with Crippen LogP contribution in [0.4, 0.5) is 5.82 Å². The summed E-state index contributed by atoms with van der Waals surface area (Å²) < 4.78 is 0. The summed E-state index contributed by atoms with van der Waals surface area (Å²) in [4.78, 5) is 18.8. The van der Waals surface area contributed by atoms with Gasteiger partial charge in [-0.3, -0.25) is 4.79 Å². The third-order valence-electron chi connectivity index (χ3n) is 1.97. The van der Waals surface area contributed by atoms with Crippen molar-refractivity contribution in [2.45, 2.75) is 12.5 Å². The number of hydrogen-bond donors (Lipinski definition) is 2. The Hall–Kier alpha value is -1.36. The van der Waals surface area contributed by atoms with Crippen LogP contribution in [0.5, 0.6) is 0 Å². The normalized spacial score (nSPS) is 20.6. The van der Waals surface area contributed by atoms with E-state index in [9.17, 15) is 4.79 Å². The van der Waals surface area contributed by atoms with E-state index in [0.717, 1.165) is 0 Å². The molecule has 1 saturated heterocycles. The molecule has 0 bridgehead atoms. The molecule has 1 aromatic heterocycles. The summed E-state index contributed by atoms with van der Waals surface area (Å²) in [7, 11) is 0. The summed E-state index contributed by atoms with van der Waals surface area (Å²) in [6.07, 6.45) is 3.52. The van der Waals surface area contributed by atoms with Gasteiger partial charge in [0.25, 0.3) is 0 Å². The molecular weight excluding hydrogens is 204 g/mol. The van der Waals surface area contributed by atoms with Gasteiger partial charge in [0.1, 0.15) is 0 Å². The van der Waals surface area contributed by atoms with Crippen LogP contribution < -0.4 is 10.6 Å². The number of aromatic nitrogens is 2. The van der Waals surface area contributed by atoms with E-state index >= 15 is 0 Å². The molecule has 2 heterocycles. The second-order valence-electron chi connectivity index (χ2n) is 3.05. The van der Waals surface area contributed by atoms with E-state index in [1.807, 2.05) is 0 Å². The molecule has 14 heavy (non-hydrogen) atoms. The van der Waals surface area contributed by atoms with E-state index in [1.165, 1.54) is 6.20 Å². The fourth-order valence-corrected chi connectivity index (χ4v) is 1.48. The lowest BCUT2D eigenvalue weighted by Gasteiger charge is -2.10. The van der Waals surface area contributed by atoms with Gasteiger partial charge in [-0.1, -0.05) is 11.6 Å². The first-order chi connectivity index (χ1) is 6.75. The van der Waals surface area contributed by atoms with Crippen LogP contribution in [0, 0.1) is 0 Å². The predicted molar refractivity (Wildman–Crippen MR) is 52.1 cm³/mol. The van der Waals surface area contributed by atoms with Crippen molar-refractivity contribution in [1.82, 2.24) is 15.3 Å². The quantitative estimate of drug-likeness (QED) is 0.746. The van der Waals surface area contributed by atoms with Crippen LogP contribution in [0.15, 0.2) is 12.4 Å². The van der Waals surface area contributed by atoms with Crippen LogP contribution in [0.1, 0.15) is 6.42 Å². The zero-order valence-corrected chi connectivity index (χ0v) is 8.08. The first kappa shape index (κ1) is 9.21. The van der Waals surface area contributed by atoms with E-state index in [1.54, 1.807) is 6.20 Å². The predicted octanol–water partition coefficient (Wildman–Crippen LogP) is 0.430. The fraction of sp³-hybridized carbons (Fsp3) is 0.375. The lowest BCUT2D eigenvalue weighted by atomic mass is 10.2. The van der Waals surface area contributed by atoms with E-state index in [4.69, 9.17) is 11.6 Å². The number of halogens is 1. The van der Waals surface area contributed by atoms with Gasteiger partial charge in [0.2, 0.25) is 5.91 Å². The molecular formula is C8H9ClN4O. The minimum atomic E-state index is 0.0440. The molecule has 1 amide bonds. The van der Waals surface area contributed by atoms with E-state index in [0.29, 0.717) is 23.9 Å². The summed E-state index contributed by atoms with van der Waals surface area (Å²) >= 11 is 5.80. The molecule has 0 radical (unpaired) electrons. The monoisotopic (exact) mass is 212 g/mol. The summed E-state index contributed by atoms with van der Waals surface area (Å²) in [6, 6.07) is 0.0525. The average molecular weight is 213 g/mol. The van der Waals surface area contributed by atoms with Crippen LogP contribution in [0.3, 0.4) is 0 Å². The zero-order chi connectivity index (χ0) is 9.97. The van der Waals surface area contributed by atoms with Crippen molar-refractivity contribution in [3.05, 3.63) is 17.5 Å². The average Bonchev–Trinajstić information content (AvgIpc) is 2.56. The van der Waals surface area contributed by atoms with Gasteiger partial charge in [-0.2, -0.15) is 0 Å². The second kappa shape index (κ2) is 3.79. The molecule has 1 aromatic rings. The van der Waals surface area contributed by atoms with Crippen LogP contribution in [0.2, 0.25) is 5.15 Å². The van der Waals surface area contributed by atoms with E-state index < -0.39 is 0 Å². The number of carbonyl (C=O) groups excluding carboxylic acids is 1. The van der Waals surface area contributed by atoms with Gasteiger partial charge in [-0.05, 0) is 0 Å². The van der Waals surface area contributed by atoms with Gasteiger partial charge in [-0.15, -0.1) is 0 Å². The number of amides is 1. The van der Waals surface area contributed by atoms with Crippen molar-refractivity contribution in [3.63, 3.8) is 0 Å². The molecule has 2 rings (SSSR count). The maximum Gasteiger partial charge on any atom is 0.222 e. The molecule has 0 spiro atoms. The molecule has 1 aliphatic heterocycles. The topological polar surface area (TPSA) is 66.9 Å². The Morgan fingerprint density at radius 1 is 1.50 bits per heavy atom. The largest absolute Gasteiger partial charge is 0.362 e. The Morgan fingerprint density at radius 3 is 2.93 bits per heavy atom. The van der Waals surface area contributed by atoms with Crippen LogP contribution in [0.25, 0.3) is 0 Å². The zero-order valence-electron chi connectivity index (χ0n) is 7.33. The minimum absolute atomic E-state index is 0.0440. The molecule has 1 unspecified atom stereocenters. The highest BCUT2D eigenvalue weighted by atomic mass is 35.5. The van der Waals surface area contributed by atoms with E-state index in [-0.39, 0.29) is 11.9 Å². The van der Waals surface area contributed by atoms with Gasteiger partial charge in [-0.25, -0.2) is 9.97 Å². The van der Waals surface area contributed by atoms with Crippen molar-refractivity contribution in [3.8, 4) is 0 Å². The highest BCUT2D eigenvalue weighted by molar-refractivity contribution is 6.31. The van der Waals surface area contributed by atoms with Crippen LogP contribution >= 0.6 is 11.6 Å². The Labute approximate surface area is 85.9 Å². The first-order valence-corrected chi connectivity index (χ1v) is 4.63. The van der Waals surface area contributed by atoms with Gasteiger partial charge >= 0.3 is 0 Å². The smallest absolute Gasteiger partial charge is 0.222 e. The standard InChI is InChI=1S/C8H9ClN4O/c9-7-8(11-2-1-10-7)13-5-3-6(14)12-4-5/h1-2,5H,3-4H2,(H,11,13)(H,12,14). The maximum atomic E-state index is 10.9. The van der Waals surface area contributed by atoms with Gasteiger partial charge in [0.05, 0.1) is 6.04 Å². The lowest BCUT2D eigenvalue weighted by Crippen LogP contribution is -2.23. The SMILES string of the molecule is O=C1CC(Nc2nccnc2Cl)CN1. The second-order valence-corrected chi connectivity index (χ2v) is 3.40. The van der Waals surface area contributed by atoms with Crippen molar-refractivity contribution in [1.29, 1.82) is 0 Å². The Balaban J connectivity index is 2.04. The molecule has 1 aliphatic rings. The number of nitrogens with zero attached hydrogens (tertiary/aromatic N) is 2. The Bertz CT molecular complexity index is 357. The number of anilines is 1. The molecule has 6 heteroatoms. The summed E-state index contributed by atoms with van der Waals surface area (Å²) in [5.41, 5.74) is 0. The van der Waals surface area contributed by atoms with Crippen molar-refractivity contribution >= 4 is 23.3 Å². The molecule has 1 fully saturated rings. The van der Waals surface area contributed by atoms with Gasteiger partial charge < -0.3 is 10.6 Å². The molecule has 2 N–H and O–H groups in total. The minimum Gasteiger partial charge on any atom is -0.362 e. The number of hydrogen-bond acceptors (Lipinski definition) is 4. The third-order valence-corrected chi connectivity index (χ3v) is 2.25. The van der Waals surface area contributed by atoms with Crippen molar-refractivity contribution in [2.75, 3.05) is 11.9 Å². The van der Waals surface area contributed by atoms with Crippen molar-refractivity contribution in [2.24, 2.45) is 0 Å². The molecule has 5 nitrogen and oxygen atoms in total. The Kier molecular flexibility index (Phi) is 2.49. The Morgan fingerprint density at radius 2 is 2.29 bits per heavy atom. The van der Waals surface area contributed by atoms with Gasteiger partial charge in [0.15, 0.2) is 11.0 Å². The number of rotatable bonds is 2. The fourth-order valence-electron chi connectivity index (χ4n) is 1.32. The van der Waals surface area contributed by atoms with Gasteiger partial charge in [0, 0.05) is 25.4 Å². The first-order valence-electron chi connectivity index (χ1n) is 4.25. The molecule has 0 aromatic carbocycles. The molecule has 0 saturated carbocycles. The van der Waals surface area contributed by atoms with Crippen molar-refractivity contribution < 1.29 is 4.79 Å². The molecule has 1 atom stereocenters. The van der Waals surface area contributed by atoms with Crippen LogP contribution in [-0.2, 0) is 4.79 Å². The third kappa shape index (κ3) is 1.93. The van der Waals surface area contributed by atoms with Crippen LogP contribution in [-0.4, -0.2) is 28.5 Å². The molecule has 0 aliphatic carbocycles. The molecule has 74 valence electrons. The summed E-state index contributed by atoms with van der Waals surface area (Å²) in [6.45, 7) is 0.603.